The lowest BCUT2D eigenvalue weighted by Crippen LogP contribution is -2.35. The highest BCUT2D eigenvalue weighted by molar-refractivity contribution is 5.96. The predicted molar refractivity (Wildman–Crippen MR) is 81.8 cm³/mol. The van der Waals surface area contributed by atoms with Gasteiger partial charge in [0.1, 0.15) is 0 Å². The number of nitrogens with zero attached hydrogens (tertiary/aromatic N) is 2. The topological polar surface area (TPSA) is 61.8 Å². The second kappa shape index (κ2) is 6.75. The predicted octanol–water partition coefficient (Wildman–Crippen LogP) is 2.79. The highest BCUT2D eigenvalue weighted by Crippen LogP contribution is 2.27. The van der Waals surface area contributed by atoms with Crippen molar-refractivity contribution in [1.29, 1.82) is 0 Å². The van der Waals surface area contributed by atoms with Crippen LogP contribution < -0.4 is 5.73 Å². The minimum Gasteiger partial charge on any atom is -0.409 e. The lowest BCUT2D eigenvalue weighted by Gasteiger charge is -2.34. The SMILES string of the molecule is CC1CCCC(N(C)Cc2ccc(C(N)=NO)cc2)C1. The summed E-state index contributed by atoms with van der Waals surface area (Å²) in [5.41, 5.74) is 7.59. The first-order chi connectivity index (χ1) is 9.60. The molecule has 1 aliphatic rings. The Morgan fingerprint density at radius 3 is 2.65 bits per heavy atom. The van der Waals surface area contributed by atoms with Crippen molar-refractivity contribution in [3.8, 4) is 0 Å². The minimum atomic E-state index is 0.158. The molecule has 1 aromatic carbocycles. The van der Waals surface area contributed by atoms with E-state index in [2.05, 4.69) is 36.2 Å². The van der Waals surface area contributed by atoms with Crippen LogP contribution in [-0.4, -0.2) is 29.0 Å². The van der Waals surface area contributed by atoms with E-state index in [0.29, 0.717) is 6.04 Å². The Morgan fingerprint density at radius 2 is 2.05 bits per heavy atom. The monoisotopic (exact) mass is 275 g/mol. The van der Waals surface area contributed by atoms with Gasteiger partial charge in [-0.1, -0.05) is 49.2 Å². The molecule has 0 heterocycles. The third-order valence-corrected chi connectivity index (χ3v) is 4.32. The quantitative estimate of drug-likeness (QED) is 0.384. The Bertz CT molecular complexity index is 455. The van der Waals surface area contributed by atoms with Gasteiger partial charge in [0.05, 0.1) is 0 Å². The molecule has 4 nitrogen and oxygen atoms in total. The van der Waals surface area contributed by atoms with E-state index in [1.165, 1.54) is 31.2 Å². The summed E-state index contributed by atoms with van der Waals surface area (Å²) < 4.78 is 0. The first-order valence-electron chi connectivity index (χ1n) is 7.37. The summed E-state index contributed by atoms with van der Waals surface area (Å²) in [6.45, 7) is 3.31. The summed E-state index contributed by atoms with van der Waals surface area (Å²) in [7, 11) is 2.21. The fourth-order valence-corrected chi connectivity index (χ4v) is 3.06. The molecule has 0 radical (unpaired) electrons. The molecule has 1 saturated carbocycles. The van der Waals surface area contributed by atoms with Crippen LogP contribution in [0.25, 0.3) is 0 Å². The molecule has 2 unspecified atom stereocenters. The molecule has 4 heteroatoms. The second-order valence-electron chi connectivity index (χ2n) is 6.02. The third kappa shape index (κ3) is 3.73. The van der Waals surface area contributed by atoms with Gasteiger partial charge in [0.2, 0.25) is 0 Å². The largest absolute Gasteiger partial charge is 0.409 e. The van der Waals surface area contributed by atoms with Gasteiger partial charge < -0.3 is 10.9 Å². The van der Waals surface area contributed by atoms with Gasteiger partial charge in [-0.05, 0) is 31.4 Å². The molecule has 1 fully saturated rings. The minimum absolute atomic E-state index is 0.158. The summed E-state index contributed by atoms with van der Waals surface area (Å²) in [6.07, 6.45) is 5.33. The third-order valence-electron chi connectivity index (χ3n) is 4.32. The maximum Gasteiger partial charge on any atom is 0.170 e. The Balaban J connectivity index is 1.95. The van der Waals surface area contributed by atoms with E-state index in [-0.39, 0.29) is 5.84 Å². The fourth-order valence-electron chi connectivity index (χ4n) is 3.06. The normalized spacial score (nSPS) is 24.1. The van der Waals surface area contributed by atoms with Crippen LogP contribution in [0.5, 0.6) is 0 Å². The fraction of sp³-hybridized carbons (Fsp3) is 0.562. The average molecular weight is 275 g/mol. The molecule has 3 N–H and O–H groups in total. The van der Waals surface area contributed by atoms with Gasteiger partial charge in [-0.2, -0.15) is 0 Å². The van der Waals surface area contributed by atoms with Crippen molar-refractivity contribution in [3.63, 3.8) is 0 Å². The summed E-state index contributed by atoms with van der Waals surface area (Å²) in [4.78, 5) is 2.45. The molecular formula is C16H25N3O. The zero-order valence-electron chi connectivity index (χ0n) is 12.4. The first kappa shape index (κ1) is 14.9. The van der Waals surface area contributed by atoms with Gasteiger partial charge in [-0.15, -0.1) is 0 Å². The molecule has 20 heavy (non-hydrogen) atoms. The van der Waals surface area contributed by atoms with Crippen LogP contribution in [0.3, 0.4) is 0 Å². The van der Waals surface area contributed by atoms with E-state index in [0.717, 1.165) is 18.0 Å². The van der Waals surface area contributed by atoms with Crippen LogP contribution in [-0.2, 0) is 6.54 Å². The first-order valence-corrected chi connectivity index (χ1v) is 7.37. The molecule has 110 valence electrons. The van der Waals surface area contributed by atoms with Crippen molar-refractivity contribution in [2.24, 2.45) is 16.8 Å². The van der Waals surface area contributed by atoms with Crippen molar-refractivity contribution in [2.45, 2.75) is 45.2 Å². The zero-order chi connectivity index (χ0) is 14.5. The van der Waals surface area contributed by atoms with Crippen LogP contribution in [0.4, 0.5) is 0 Å². The number of oxime groups is 1. The summed E-state index contributed by atoms with van der Waals surface area (Å²) >= 11 is 0. The lowest BCUT2D eigenvalue weighted by atomic mass is 9.86. The molecule has 0 saturated heterocycles. The molecule has 0 bridgehead atoms. The van der Waals surface area contributed by atoms with Crippen LogP contribution in [0.15, 0.2) is 29.4 Å². The zero-order valence-corrected chi connectivity index (χ0v) is 12.4. The van der Waals surface area contributed by atoms with Gasteiger partial charge in [-0.3, -0.25) is 4.90 Å². The van der Waals surface area contributed by atoms with E-state index in [9.17, 15) is 0 Å². The van der Waals surface area contributed by atoms with Crippen LogP contribution in [0, 0.1) is 5.92 Å². The summed E-state index contributed by atoms with van der Waals surface area (Å²) in [6, 6.07) is 8.61. The molecule has 0 aliphatic heterocycles. The Kier molecular flexibility index (Phi) is 5.01. The van der Waals surface area contributed by atoms with Crippen molar-refractivity contribution < 1.29 is 5.21 Å². The number of nitrogens with two attached hydrogens (primary N) is 1. The van der Waals surface area contributed by atoms with Crippen LogP contribution in [0.2, 0.25) is 0 Å². The Morgan fingerprint density at radius 1 is 1.35 bits per heavy atom. The van der Waals surface area contributed by atoms with E-state index in [1.807, 2.05) is 12.1 Å². The van der Waals surface area contributed by atoms with Gasteiger partial charge in [0, 0.05) is 18.2 Å². The smallest absolute Gasteiger partial charge is 0.170 e. The second-order valence-corrected chi connectivity index (χ2v) is 6.02. The standard InChI is InChI=1S/C16H25N3O/c1-12-4-3-5-15(10-12)19(2)11-13-6-8-14(9-7-13)16(17)18-20/h6-9,12,15,20H,3-5,10-11H2,1-2H3,(H2,17,18). The van der Waals surface area contributed by atoms with E-state index in [1.54, 1.807) is 0 Å². The molecule has 2 rings (SSSR count). The van der Waals surface area contributed by atoms with E-state index >= 15 is 0 Å². The van der Waals surface area contributed by atoms with E-state index < -0.39 is 0 Å². The summed E-state index contributed by atoms with van der Waals surface area (Å²) in [5.74, 6) is 1.00. The Labute approximate surface area is 121 Å². The number of rotatable bonds is 4. The van der Waals surface area contributed by atoms with Crippen molar-refractivity contribution >= 4 is 5.84 Å². The molecule has 2 atom stereocenters. The molecule has 0 aromatic heterocycles. The number of amidine groups is 1. The number of benzene rings is 1. The van der Waals surface area contributed by atoms with Crippen molar-refractivity contribution in [3.05, 3.63) is 35.4 Å². The molecule has 1 aliphatic carbocycles. The number of hydrogen-bond acceptors (Lipinski definition) is 3. The number of hydrogen-bond donors (Lipinski definition) is 2. The van der Waals surface area contributed by atoms with Gasteiger partial charge in [0.25, 0.3) is 0 Å². The van der Waals surface area contributed by atoms with Gasteiger partial charge in [-0.25, -0.2) is 0 Å². The molecular weight excluding hydrogens is 250 g/mol. The van der Waals surface area contributed by atoms with Crippen LogP contribution in [0.1, 0.15) is 43.7 Å². The van der Waals surface area contributed by atoms with E-state index in [4.69, 9.17) is 10.9 Å². The molecule has 1 aromatic rings. The highest BCUT2D eigenvalue weighted by Gasteiger charge is 2.22. The van der Waals surface area contributed by atoms with Gasteiger partial charge in [0.15, 0.2) is 5.84 Å². The van der Waals surface area contributed by atoms with Gasteiger partial charge >= 0.3 is 0 Å². The van der Waals surface area contributed by atoms with Crippen molar-refractivity contribution in [2.75, 3.05) is 7.05 Å². The maximum absolute atomic E-state index is 8.65. The average Bonchev–Trinajstić information content (AvgIpc) is 2.47. The summed E-state index contributed by atoms with van der Waals surface area (Å²) in [5, 5.41) is 11.7. The highest BCUT2D eigenvalue weighted by atomic mass is 16.4. The lowest BCUT2D eigenvalue weighted by molar-refractivity contribution is 0.158. The maximum atomic E-state index is 8.65. The van der Waals surface area contributed by atoms with Crippen molar-refractivity contribution in [1.82, 2.24) is 4.90 Å². The van der Waals surface area contributed by atoms with Crippen LogP contribution >= 0.6 is 0 Å². The molecule has 0 amide bonds. The molecule has 0 spiro atoms. The Hall–Kier alpha value is -1.55.